The number of rotatable bonds is 5. The summed E-state index contributed by atoms with van der Waals surface area (Å²) in [4.78, 5) is 15.6. The van der Waals surface area contributed by atoms with Crippen LogP contribution >= 0.6 is 0 Å². The Hall–Kier alpha value is -1.90. The normalized spacial score (nSPS) is 10.6. The highest BCUT2D eigenvalue weighted by molar-refractivity contribution is 5.93. The number of aromatic nitrogens is 2. The molecule has 0 fully saturated rings. The lowest BCUT2D eigenvalue weighted by Crippen LogP contribution is -2.03. The maximum Gasteiger partial charge on any atom is 0.159 e. The Labute approximate surface area is 107 Å². The molecule has 1 aromatic carbocycles. The molecule has 0 aliphatic carbocycles. The fourth-order valence-corrected chi connectivity index (χ4v) is 1.99. The summed E-state index contributed by atoms with van der Waals surface area (Å²) in [6.45, 7) is 4.75. The van der Waals surface area contributed by atoms with Gasteiger partial charge in [-0.3, -0.25) is 4.79 Å². The zero-order chi connectivity index (χ0) is 13.0. The van der Waals surface area contributed by atoms with Crippen LogP contribution in [0.3, 0.4) is 0 Å². The smallest absolute Gasteiger partial charge is 0.159 e. The molecular formula is C15H18N2O. The van der Waals surface area contributed by atoms with Crippen molar-refractivity contribution in [3.63, 3.8) is 0 Å². The van der Waals surface area contributed by atoms with Crippen LogP contribution in [0.15, 0.2) is 36.7 Å². The van der Waals surface area contributed by atoms with E-state index in [1.807, 2.05) is 36.7 Å². The molecule has 2 aromatic rings. The van der Waals surface area contributed by atoms with Crippen LogP contribution in [-0.4, -0.2) is 15.3 Å². The van der Waals surface area contributed by atoms with Crippen LogP contribution in [0.2, 0.25) is 0 Å². The third kappa shape index (κ3) is 2.86. The molecule has 1 aromatic heterocycles. The first-order valence-electron chi connectivity index (χ1n) is 6.30. The molecule has 0 N–H and O–H groups in total. The number of Topliss-reactive ketones (excluding diaryl/α,β-unsaturated/α-hetero) is 1. The molecule has 0 radical (unpaired) electrons. The van der Waals surface area contributed by atoms with Crippen LogP contribution in [0, 0.1) is 0 Å². The van der Waals surface area contributed by atoms with E-state index in [4.69, 9.17) is 0 Å². The zero-order valence-electron chi connectivity index (χ0n) is 10.9. The van der Waals surface area contributed by atoms with Crippen molar-refractivity contribution < 1.29 is 4.79 Å². The van der Waals surface area contributed by atoms with Gasteiger partial charge in [-0.25, -0.2) is 4.98 Å². The van der Waals surface area contributed by atoms with Crippen molar-refractivity contribution in [2.45, 2.75) is 33.2 Å². The van der Waals surface area contributed by atoms with Crippen molar-refractivity contribution in [1.82, 2.24) is 9.55 Å². The number of hydrogen-bond donors (Lipinski definition) is 0. The standard InChI is InChI=1S/C15H18N2O/c1-3-9-17-10-8-16-15(17)11-13-4-6-14(7-5-13)12(2)18/h4-8,10H,3,9,11H2,1-2H3. The maximum absolute atomic E-state index is 11.2. The van der Waals surface area contributed by atoms with Crippen molar-refractivity contribution in [3.8, 4) is 0 Å². The number of hydrogen-bond acceptors (Lipinski definition) is 2. The van der Waals surface area contributed by atoms with E-state index in [9.17, 15) is 4.79 Å². The third-order valence-electron chi connectivity index (χ3n) is 2.99. The molecule has 0 saturated carbocycles. The van der Waals surface area contributed by atoms with E-state index >= 15 is 0 Å². The Morgan fingerprint density at radius 2 is 2.00 bits per heavy atom. The second-order valence-corrected chi connectivity index (χ2v) is 4.47. The van der Waals surface area contributed by atoms with Crippen molar-refractivity contribution >= 4 is 5.78 Å². The van der Waals surface area contributed by atoms with Gasteiger partial charge >= 0.3 is 0 Å². The summed E-state index contributed by atoms with van der Waals surface area (Å²) >= 11 is 0. The quantitative estimate of drug-likeness (QED) is 0.755. The molecular weight excluding hydrogens is 224 g/mol. The first-order valence-corrected chi connectivity index (χ1v) is 6.30. The van der Waals surface area contributed by atoms with Gasteiger partial charge in [-0.15, -0.1) is 0 Å². The second-order valence-electron chi connectivity index (χ2n) is 4.47. The van der Waals surface area contributed by atoms with E-state index in [-0.39, 0.29) is 5.78 Å². The molecule has 2 rings (SSSR count). The lowest BCUT2D eigenvalue weighted by molar-refractivity contribution is 0.101. The second kappa shape index (κ2) is 5.63. The predicted molar refractivity (Wildman–Crippen MR) is 71.8 cm³/mol. The summed E-state index contributed by atoms with van der Waals surface area (Å²) in [6.07, 6.45) is 5.77. The molecule has 0 saturated heterocycles. The monoisotopic (exact) mass is 242 g/mol. The third-order valence-corrected chi connectivity index (χ3v) is 2.99. The van der Waals surface area contributed by atoms with E-state index < -0.39 is 0 Å². The van der Waals surface area contributed by atoms with Gasteiger partial charge in [-0.1, -0.05) is 31.2 Å². The summed E-state index contributed by atoms with van der Waals surface area (Å²) in [5.41, 5.74) is 1.94. The number of nitrogens with zero attached hydrogens (tertiary/aromatic N) is 2. The number of aryl methyl sites for hydroxylation is 1. The Bertz CT molecular complexity index is 526. The van der Waals surface area contributed by atoms with Crippen molar-refractivity contribution in [2.24, 2.45) is 0 Å². The molecule has 0 spiro atoms. The van der Waals surface area contributed by atoms with E-state index in [0.29, 0.717) is 0 Å². The molecule has 0 aliphatic rings. The summed E-state index contributed by atoms with van der Waals surface area (Å²) < 4.78 is 2.18. The Kier molecular flexibility index (Phi) is 3.92. The molecule has 0 bridgehead atoms. The van der Waals surface area contributed by atoms with Gasteiger partial charge in [0.1, 0.15) is 5.82 Å². The van der Waals surface area contributed by atoms with E-state index in [2.05, 4.69) is 16.5 Å². The van der Waals surface area contributed by atoms with Crippen LogP contribution in [0.5, 0.6) is 0 Å². The van der Waals surface area contributed by atoms with Crippen LogP contribution in [0.4, 0.5) is 0 Å². The highest BCUT2D eigenvalue weighted by Gasteiger charge is 2.04. The minimum absolute atomic E-state index is 0.106. The van der Waals surface area contributed by atoms with Gasteiger partial charge in [0.2, 0.25) is 0 Å². The SMILES string of the molecule is CCCn1ccnc1Cc1ccc(C(C)=O)cc1. The van der Waals surface area contributed by atoms with Crippen molar-refractivity contribution in [1.29, 1.82) is 0 Å². The number of carbonyl (C=O) groups is 1. The van der Waals surface area contributed by atoms with Crippen LogP contribution in [0.1, 0.15) is 42.0 Å². The van der Waals surface area contributed by atoms with Gasteiger partial charge in [0, 0.05) is 30.9 Å². The molecule has 3 nitrogen and oxygen atoms in total. The molecule has 0 unspecified atom stereocenters. The average molecular weight is 242 g/mol. The lowest BCUT2D eigenvalue weighted by atomic mass is 10.1. The predicted octanol–water partition coefficient (Wildman–Crippen LogP) is 3.09. The minimum Gasteiger partial charge on any atom is -0.335 e. The van der Waals surface area contributed by atoms with Gasteiger partial charge in [-0.05, 0) is 18.9 Å². The summed E-state index contributed by atoms with van der Waals surface area (Å²) in [6, 6.07) is 7.76. The van der Waals surface area contributed by atoms with Gasteiger partial charge in [0.25, 0.3) is 0 Å². The molecule has 1 heterocycles. The fraction of sp³-hybridized carbons (Fsp3) is 0.333. The molecule has 3 heteroatoms. The van der Waals surface area contributed by atoms with Gasteiger partial charge in [0.15, 0.2) is 5.78 Å². The van der Waals surface area contributed by atoms with E-state index in [1.165, 1.54) is 5.56 Å². The summed E-state index contributed by atoms with van der Waals surface area (Å²) in [5, 5.41) is 0. The molecule has 18 heavy (non-hydrogen) atoms. The topological polar surface area (TPSA) is 34.9 Å². The molecule has 94 valence electrons. The highest BCUT2D eigenvalue weighted by atomic mass is 16.1. The minimum atomic E-state index is 0.106. The molecule has 0 amide bonds. The lowest BCUT2D eigenvalue weighted by Gasteiger charge is -2.06. The Balaban J connectivity index is 2.13. The Morgan fingerprint density at radius 1 is 1.28 bits per heavy atom. The van der Waals surface area contributed by atoms with Crippen LogP contribution < -0.4 is 0 Å². The number of ketones is 1. The maximum atomic E-state index is 11.2. The van der Waals surface area contributed by atoms with Crippen molar-refractivity contribution in [2.75, 3.05) is 0 Å². The van der Waals surface area contributed by atoms with E-state index in [0.717, 1.165) is 30.8 Å². The fourth-order valence-electron chi connectivity index (χ4n) is 1.99. The van der Waals surface area contributed by atoms with Gasteiger partial charge in [-0.2, -0.15) is 0 Å². The van der Waals surface area contributed by atoms with E-state index in [1.54, 1.807) is 6.92 Å². The number of benzene rings is 1. The molecule has 0 aliphatic heterocycles. The number of carbonyl (C=O) groups excluding carboxylic acids is 1. The average Bonchev–Trinajstić information content (AvgIpc) is 2.78. The Morgan fingerprint density at radius 3 is 2.61 bits per heavy atom. The highest BCUT2D eigenvalue weighted by Crippen LogP contribution is 2.10. The zero-order valence-corrected chi connectivity index (χ0v) is 10.9. The number of imidazole rings is 1. The summed E-state index contributed by atoms with van der Waals surface area (Å²) in [5.74, 6) is 1.18. The summed E-state index contributed by atoms with van der Waals surface area (Å²) in [7, 11) is 0. The van der Waals surface area contributed by atoms with Gasteiger partial charge in [0.05, 0.1) is 0 Å². The largest absolute Gasteiger partial charge is 0.335 e. The first-order chi connectivity index (χ1) is 8.70. The van der Waals surface area contributed by atoms with Crippen molar-refractivity contribution in [3.05, 3.63) is 53.6 Å². The molecule has 0 atom stereocenters. The van der Waals surface area contributed by atoms with Crippen LogP contribution in [0.25, 0.3) is 0 Å². The first kappa shape index (κ1) is 12.6. The van der Waals surface area contributed by atoms with Crippen LogP contribution in [-0.2, 0) is 13.0 Å². The van der Waals surface area contributed by atoms with Gasteiger partial charge < -0.3 is 4.57 Å².